The van der Waals surface area contributed by atoms with Gasteiger partial charge in [-0.2, -0.15) is 0 Å². The third-order valence-electron chi connectivity index (χ3n) is 5.27. The van der Waals surface area contributed by atoms with E-state index < -0.39 is 0 Å². The fourth-order valence-corrected chi connectivity index (χ4v) is 3.43. The van der Waals surface area contributed by atoms with Gasteiger partial charge in [0, 0.05) is 23.4 Å². The van der Waals surface area contributed by atoms with Gasteiger partial charge in [0.15, 0.2) is 0 Å². The second kappa shape index (κ2) is 13.1. The van der Waals surface area contributed by atoms with Crippen molar-refractivity contribution in [1.82, 2.24) is 0 Å². The molecule has 3 aromatic rings. The van der Waals surface area contributed by atoms with Crippen molar-refractivity contribution < 1.29 is 14.3 Å². The lowest BCUT2D eigenvalue weighted by Gasteiger charge is -2.10. The largest absolute Gasteiger partial charge is 0.494 e. The van der Waals surface area contributed by atoms with E-state index in [9.17, 15) is 9.59 Å². The highest BCUT2D eigenvalue weighted by Gasteiger charge is 2.08. The van der Waals surface area contributed by atoms with Gasteiger partial charge in [-0.1, -0.05) is 62.6 Å². The molecular weight excluding hydrogens is 412 g/mol. The van der Waals surface area contributed by atoms with Crippen LogP contribution in [0.4, 0.5) is 11.4 Å². The van der Waals surface area contributed by atoms with Crippen LogP contribution in [0.5, 0.6) is 5.75 Å². The smallest absolute Gasteiger partial charge is 0.255 e. The van der Waals surface area contributed by atoms with Crippen molar-refractivity contribution in [3.05, 3.63) is 90.0 Å². The summed E-state index contributed by atoms with van der Waals surface area (Å²) in [5.41, 5.74) is 2.95. The summed E-state index contributed by atoms with van der Waals surface area (Å²) in [5, 5.41) is 5.78. The van der Waals surface area contributed by atoms with Crippen LogP contribution in [-0.2, 0) is 11.2 Å². The van der Waals surface area contributed by atoms with Gasteiger partial charge in [-0.25, -0.2) is 0 Å². The maximum Gasteiger partial charge on any atom is 0.255 e. The zero-order chi connectivity index (χ0) is 23.3. The lowest BCUT2D eigenvalue weighted by Crippen LogP contribution is -2.14. The maximum atomic E-state index is 12.6. The Balaban J connectivity index is 1.48. The second-order valence-corrected chi connectivity index (χ2v) is 8.00. The number of rotatable bonds is 12. The molecule has 172 valence electrons. The molecule has 0 aliphatic carbocycles. The van der Waals surface area contributed by atoms with Crippen LogP contribution in [0.2, 0.25) is 0 Å². The monoisotopic (exact) mass is 444 g/mol. The maximum absolute atomic E-state index is 12.6. The minimum Gasteiger partial charge on any atom is -0.494 e. The highest BCUT2D eigenvalue weighted by Crippen LogP contribution is 2.18. The van der Waals surface area contributed by atoms with E-state index in [1.54, 1.807) is 30.3 Å². The van der Waals surface area contributed by atoms with Gasteiger partial charge < -0.3 is 15.4 Å². The summed E-state index contributed by atoms with van der Waals surface area (Å²) in [5.74, 6) is 0.493. The van der Waals surface area contributed by atoms with E-state index in [-0.39, 0.29) is 11.8 Å². The molecule has 3 aromatic carbocycles. The number of hydrogen-bond donors (Lipinski definition) is 2. The van der Waals surface area contributed by atoms with Crippen molar-refractivity contribution >= 4 is 23.2 Å². The van der Waals surface area contributed by atoms with E-state index in [1.165, 1.54) is 19.3 Å². The van der Waals surface area contributed by atoms with Gasteiger partial charge in [-0.3, -0.25) is 9.59 Å². The number of hydrogen-bond acceptors (Lipinski definition) is 3. The SMILES string of the molecule is CCCCCCOc1ccc(C(=O)Nc2cccc(NC(=O)CCc3ccccc3)c2)cc1. The summed E-state index contributed by atoms with van der Waals surface area (Å²) in [6.07, 6.45) is 5.71. The molecule has 0 bridgehead atoms. The van der Waals surface area contributed by atoms with Gasteiger partial charge in [-0.15, -0.1) is 0 Å². The third kappa shape index (κ3) is 8.45. The van der Waals surface area contributed by atoms with Crippen LogP contribution in [0.1, 0.15) is 54.9 Å². The quantitative estimate of drug-likeness (QED) is 0.315. The molecule has 5 heteroatoms. The number of aryl methyl sites for hydroxylation is 1. The fraction of sp³-hybridized carbons (Fsp3) is 0.286. The molecule has 0 radical (unpaired) electrons. The summed E-state index contributed by atoms with van der Waals surface area (Å²) in [6, 6.07) is 24.2. The topological polar surface area (TPSA) is 67.4 Å². The van der Waals surface area contributed by atoms with E-state index in [0.717, 1.165) is 17.7 Å². The standard InChI is InChI=1S/C28H32N2O3/c1-2-3-4-8-20-33-26-17-15-23(16-18-26)28(32)30-25-13-9-12-24(21-25)29-27(31)19-14-22-10-6-5-7-11-22/h5-7,9-13,15-18,21H,2-4,8,14,19-20H2,1H3,(H,29,31)(H,30,32). The van der Waals surface area contributed by atoms with Crippen LogP contribution in [-0.4, -0.2) is 18.4 Å². The molecule has 3 rings (SSSR count). The fourth-order valence-electron chi connectivity index (χ4n) is 3.43. The number of amides is 2. The van der Waals surface area contributed by atoms with E-state index in [4.69, 9.17) is 4.74 Å². The highest BCUT2D eigenvalue weighted by atomic mass is 16.5. The molecule has 0 unspecified atom stereocenters. The van der Waals surface area contributed by atoms with Crippen LogP contribution in [0.15, 0.2) is 78.9 Å². The van der Waals surface area contributed by atoms with Gasteiger partial charge in [0.05, 0.1) is 6.61 Å². The molecular formula is C28H32N2O3. The summed E-state index contributed by atoms with van der Waals surface area (Å²) in [4.78, 5) is 24.9. The zero-order valence-corrected chi connectivity index (χ0v) is 19.2. The molecule has 5 nitrogen and oxygen atoms in total. The van der Waals surface area contributed by atoms with Gasteiger partial charge >= 0.3 is 0 Å². The van der Waals surface area contributed by atoms with Crippen LogP contribution in [0.25, 0.3) is 0 Å². The number of unbranched alkanes of at least 4 members (excludes halogenated alkanes) is 3. The Labute approximate surface area is 196 Å². The molecule has 0 aliphatic rings. The summed E-state index contributed by atoms with van der Waals surface area (Å²) in [7, 11) is 0. The molecule has 0 aliphatic heterocycles. The Morgan fingerprint density at radius 3 is 2.24 bits per heavy atom. The molecule has 0 spiro atoms. The van der Waals surface area contributed by atoms with Crippen molar-refractivity contribution in [1.29, 1.82) is 0 Å². The minimum atomic E-state index is -0.211. The molecule has 33 heavy (non-hydrogen) atoms. The Hall–Kier alpha value is -3.60. The number of benzene rings is 3. The number of ether oxygens (including phenoxy) is 1. The van der Waals surface area contributed by atoms with Crippen LogP contribution >= 0.6 is 0 Å². The van der Waals surface area contributed by atoms with Crippen LogP contribution in [0.3, 0.4) is 0 Å². The first-order valence-corrected chi connectivity index (χ1v) is 11.6. The highest BCUT2D eigenvalue weighted by molar-refractivity contribution is 6.04. The Morgan fingerprint density at radius 1 is 0.788 bits per heavy atom. The predicted molar refractivity (Wildman–Crippen MR) is 134 cm³/mol. The van der Waals surface area contributed by atoms with E-state index in [1.807, 2.05) is 48.5 Å². The van der Waals surface area contributed by atoms with Gasteiger partial charge in [0.2, 0.25) is 5.91 Å². The first kappa shape index (κ1) is 24.1. The molecule has 0 atom stereocenters. The van der Waals surface area contributed by atoms with Gasteiger partial charge in [-0.05, 0) is 60.9 Å². The van der Waals surface area contributed by atoms with Crippen LogP contribution < -0.4 is 15.4 Å². The first-order valence-electron chi connectivity index (χ1n) is 11.6. The van der Waals surface area contributed by atoms with E-state index in [2.05, 4.69) is 17.6 Å². The summed E-state index contributed by atoms with van der Waals surface area (Å²) in [6.45, 7) is 2.87. The van der Waals surface area contributed by atoms with Crippen molar-refractivity contribution in [2.75, 3.05) is 17.2 Å². The van der Waals surface area contributed by atoms with Crippen LogP contribution in [0, 0.1) is 0 Å². The lowest BCUT2D eigenvalue weighted by molar-refractivity contribution is -0.116. The van der Waals surface area contributed by atoms with Crippen molar-refractivity contribution in [2.45, 2.75) is 45.4 Å². The third-order valence-corrected chi connectivity index (χ3v) is 5.27. The molecule has 0 saturated heterocycles. The number of anilines is 2. The number of carbonyl (C=O) groups is 2. The van der Waals surface area contributed by atoms with Crippen molar-refractivity contribution in [3.63, 3.8) is 0 Å². The second-order valence-electron chi connectivity index (χ2n) is 8.00. The number of carbonyl (C=O) groups excluding carboxylic acids is 2. The van der Waals surface area contributed by atoms with Crippen molar-refractivity contribution in [3.8, 4) is 5.75 Å². The Kier molecular flexibility index (Phi) is 9.52. The lowest BCUT2D eigenvalue weighted by atomic mass is 10.1. The molecule has 0 saturated carbocycles. The van der Waals surface area contributed by atoms with Gasteiger partial charge in [0.25, 0.3) is 5.91 Å². The predicted octanol–water partition coefficient (Wildman–Crippen LogP) is 6.47. The zero-order valence-electron chi connectivity index (χ0n) is 19.2. The molecule has 0 heterocycles. The minimum absolute atomic E-state index is 0.0624. The normalized spacial score (nSPS) is 10.5. The van der Waals surface area contributed by atoms with E-state index >= 15 is 0 Å². The number of nitrogens with one attached hydrogen (secondary N) is 2. The van der Waals surface area contributed by atoms with E-state index in [0.29, 0.717) is 36.4 Å². The molecule has 2 N–H and O–H groups in total. The average molecular weight is 445 g/mol. The Morgan fingerprint density at radius 2 is 1.52 bits per heavy atom. The first-order chi connectivity index (χ1) is 16.1. The van der Waals surface area contributed by atoms with Crippen molar-refractivity contribution in [2.24, 2.45) is 0 Å². The molecule has 0 aromatic heterocycles. The summed E-state index contributed by atoms with van der Waals surface area (Å²) < 4.78 is 5.73. The van der Waals surface area contributed by atoms with Gasteiger partial charge in [0.1, 0.15) is 5.75 Å². The molecule has 0 fully saturated rings. The Bertz CT molecular complexity index is 1020. The summed E-state index contributed by atoms with van der Waals surface area (Å²) >= 11 is 0. The molecule has 2 amide bonds. The average Bonchev–Trinajstić information content (AvgIpc) is 2.84.